The Morgan fingerprint density at radius 3 is 2.93 bits per heavy atom. The number of benzene rings is 1. The molecule has 0 saturated carbocycles. The summed E-state index contributed by atoms with van der Waals surface area (Å²) in [6.07, 6.45) is 2.87. The minimum atomic E-state index is -0.419. The lowest BCUT2D eigenvalue weighted by Gasteiger charge is -2.20. The highest BCUT2D eigenvalue weighted by Crippen LogP contribution is 2.38. The molecule has 7 nitrogen and oxygen atoms in total. The number of thioether (sulfide) groups is 1. The molecular formula is C19H23N5O2S. The Balaban J connectivity index is 1.78. The van der Waals surface area contributed by atoms with E-state index in [1.165, 1.54) is 17.8 Å². The van der Waals surface area contributed by atoms with Gasteiger partial charge >= 0.3 is 0 Å². The third-order valence-electron chi connectivity index (χ3n) is 4.35. The van der Waals surface area contributed by atoms with Crippen molar-refractivity contribution in [1.29, 1.82) is 0 Å². The fourth-order valence-corrected chi connectivity index (χ4v) is 3.97. The fourth-order valence-electron chi connectivity index (χ4n) is 2.76. The minimum Gasteiger partial charge on any atom is -0.364 e. The molecule has 1 N–H and O–H groups in total. The summed E-state index contributed by atoms with van der Waals surface area (Å²) < 4.78 is 0. The van der Waals surface area contributed by atoms with Crippen LogP contribution in [-0.4, -0.2) is 32.2 Å². The highest BCUT2D eigenvalue weighted by molar-refractivity contribution is 8.08. The van der Waals surface area contributed by atoms with Gasteiger partial charge in [-0.1, -0.05) is 19.9 Å². The average Bonchev–Trinajstić information content (AvgIpc) is 3.01. The number of nitro benzene ring substituents is 1. The minimum absolute atomic E-state index is 0.0295. The van der Waals surface area contributed by atoms with Crippen molar-refractivity contribution in [3.05, 3.63) is 58.0 Å². The van der Waals surface area contributed by atoms with Crippen molar-refractivity contribution in [2.75, 3.05) is 17.7 Å². The predicted molar refractivity (Wildman–Crippen MR) is 110 cm³/mol. The number of hydrogen-bond donors (Lipinski definition) is 1. The molecule has 0 aliphatic carbocycles. The van der Waals surface area contributed by atoms with Crippen LogP contribution in [0, 0.1) is 16.0 Å². The van der Waals surface area contributed by atoms with Crippen molar-refractivity contribution < 1.29 is 4.92 Å². The molecule has 2 aromatic rings. The molecule has 1 aliphatic rings. The zero-order valence-electron chi connectivity index (χ0n) is 15.7. The lowest BCUT2D eigenvalue weighted by molar-refractivity contribution is -0.384. The monoisotopic (exact) mass is 385 g/mol. The van der Waals surface area contributed by atoms with Crippen LogP contribution in [0.4, 0.5) is 17.3 Å². The smallest absolute Gasteiger partial charge is 0.271 e. The number of aromatic nitrogens is 2. The summed E-state index contributed by atoms with van der Waals surface area (Å²) in [5.74, 6) is 2.04. The van der Waals surface area contributed by atoms with E-state index < -0.39 is 4.92 Å². The summed E-state index contributed by atoms with van der Waals surface area (Å²) >= 11 is 1.78. The van der Waals surface area contributed by atoms with E-state index in [4.69, 9.17) is 0 Å². The first-order chi connectivity index (χ1) is 12.9. The van der Waals surface area contributed by atoms with E-state index >= 15 is 0 Å². The van der Waals surface area contributed by atoms with Crippen LogP contribution in [0.1, 0.15) is 32.9 Å². The summed E-state index contributed by atoms with van der Waals surface area (Å²) in [5.41, 5.74) is 2.72. The number of hydrogen-bond acceptors (Lipinski definition) is 7. The van der Waals surface area contributed by atoms with E-state index in [2.05, 4.69) is 41.0 Å². The molecule has 142 valence electrons. The molecule has 2 heterocycles. The lowest BCUT2D eigenvalue weighted by Crippen LogP contribution is -2.20. The SMILES string of the molecule is CC1=C(c2ccnc(Nc3cccc([N+](=O)[O-])c3)n2)SCN1CCC(C)C. The molecule has 1 aliphatic heterocycles. The maximum Gasteiger partial charge on any atom is 0.271 e. The lowest BCUT2D eigenvalue weighted by atomic mass is 10.1. The van der Waals surface area contributed by atoms with Gasteiger partial charge in [0.15, 0.2) is 0 Å². The average molecular weight is 385 g/mol. The van der Waals surface area contributed by atoms with Crippen molar-refractivity contribution in [2.45, 2.75) is 27.2 Å². The van der Waals surface area contributed by atoms with Crippen LogP contribution in [0.2, 0.25) is 0 Å². The zero-order chi connectivity index (χ0) is 19.4. The zero-order valence-corrected chi connectivity index (χ0v) is 16.5. The van der Waals surface area contributed by atoms with Gasteiger partial charge in [0.2, 0.25) is 5.95 Å². The highest BCUT2D eigenvalue weighted by Gasteiger charge is 2.22. The topological polar surface area (TPSA) is 84.2 Å². The fraction of sp³-hybridized carbons (Fsp3) is 0.368. The molecule has 0 bridgehead atoms. The van der Waals surface area contributed by atoms with Gasteiger partial charge in [0, 0.05) is 36.3 Å². The molecule has 0 unspecified atom stereocenters. The first-order valence-corrected chi connectivity index (χ1v) is 9.86. The van der Waals surface area contributed by atoms with E-state index in [-0.39, 0.29) is 5.69 Å². The first-order valence-electron chi connectivity index (χ1n) is 8.87. The van der Waals surface area contributed by atoms with E-state index in [1.54, 1.807) is 30.1 Å². The van der Waals surface area contributed by atoms with Crippen LogP contribution in [0.5, 0.6) is 0 Å². The van der Waals surface area contributed by atoms with E-state index in [9.17, 15) is 10.1 Å². The molecule has 1 aromatic heterocycles. The van der Waals surface area contributed by atoms with E-state index in [0.29, 0.717) is 17.6 Å². The van der Waals surface area contributed by atoms with Gasteiger partial charge in [0.05, 0.1) is 21.4 Å². The maximum atomic E-state index is 10.9. The Bertz CT molecular complexity index is 869. The van der Waals surface area contributed by atoms with E-state index in [1.807, 2.05) is 6.07 Å². The summed E-state index contributed by atoms with van der Waals surface area (Å²) in [7, 11) is 0. The van der Waals surface area contributed by atoms with Gasteiger partial charge in [-0.05, 0) is 31.4 Å². The Morgan fingerprint density at radius 1 is 1.37 bits per heavy atom. The quantitative estimate of drug-likeness (QED) is 0.537. The Labute approximate surface area is 163 Å². The van der Waals surface area contributed by atoms with Crippen LogP contribution < -0.4 is 5.32 Å². The number of nitrogens with one attached hydrogen (secondary N) is 1. The third-order valence-corrected chi connectivity index (χ3v) is 5.58. The second-order valence-electron chi connectivity index (χ2n) is 6.83. The van der Waals surface area contributed by atoms with Crippen molar-refractivity contribution >= 4 is 34.0 Å². The third kappa shape index (κ3) is 4.77. The highest BCUT2D eigenvalue weighted by atomic mass is 32.2. The first kappa shape index (κ1) is 19.2. The number of allylic oxidation sites excluding steroid dienone is 1. The normalized spacial score (nSPS) is 14.1. The van der Waals surface area contributed by atoms with Crippen LogP contribution >= 0.6 is 11.8 Å². The molecule has 0 amide bonds. The van der Waals surface area contributed by atoms with Crippen LogP contribution in [0.25, 0.3) is 4.91 Å². The van der Waals surface area contributed by atoms with Gasteiger partial charge in [-0.2, -0.15) is 0 Å². The van der Waals surface area contributed by atoms with Gasteiger partial charge in [0.25, 0.3) is 5.69 Å². The number of non-ortho nitro benzene ring substituents is 1. The van der Waals surface area contributed by atoms with Gasteiger partial charge in [0.1, 0.15) is 0 Å². The number of nitro groups is 1. The Morgan fingerprint density at radius 2 is 2.19 bits per heavy atom. The van der Waals surface area contributed by atoms with Gasteiger partial charge in [-0.3, -0.25) is 10.1 Å². The molecule has 0 saturated heterocycles. The summed E-state index contributed by atoms with van der Waals surface area (Å²) in [6, 6.07) is 8.22. The van der Waals surface area contributed by atoms with Crippen LogP contribution in [-0.2, 0) is 0 Å². The Kier molecular flexibility index (Phi) is 5.95. The Hall–Kier alpha value is -2.61. The second-order valence-corrected chi connectivity index (χ2v) is 7.79. The van der Waals surface area contributed by atoms with Crippen LogP contribution in [0.15, 0.2) is 42.2 Å². The summed E-state index contributed by atoms with van der Waals surface area (Å²) in [4.78, 5) is 22.9. The molecule has 27 heavy (non-hydrogen) atoms. The molecule has 0 spiro atoms. The number of anilines is 2. The molecular weight excluding hydrogens is 362 g/mol. The second kappa shape index (κ2) is 8.39. The predicted octanol–water partition coefficient (Wildman–Crippen LogP) is 4.87. The van der Waals surface area contributed by atoms with Crippen molar-refractivity contribution in [3.8, 4) is 0 Å². The molecule has 0 atom stereocenters. The van der Waals surface area contributed by atoms with E-state index in [0.717, 1.165) is 29.4 Å². The maximum absolute atomic E-state index is 10.9. The largest absolute Gasteiger partial charge is 0.364 e. The van der Waals surface area contributed by atoms with Crippen molar-refractivity contribution in [3.63, 3.8) is 0 Å². The molecule has 0 fully saturated rings. The molecule has 8 heteroatoms. The molecule has 0 radical (unpaired) electrons. The summed E-state index contributed by atoms with van der Waals surface area (Å²) in [6.45, 7) is 7.65. The molecule has 3 rings (SSSR count). The van der Waals surface area contributed by atoms with Gasteiger partial charge in [-0.25, -0.2) is 9.97 Å². The summed E-state index contributed by atoms with van der Waals surface area (Å²) in [5, 5.41) is 14.0. The van der Waals surface area contributed by atoms with Crippen molar-refractivity contribution in [2.24, 2.45) is 5.92 Å². The van der Waals surface area contributed by atoms with Gasteiger partial charge in [-0.15, -0.1) is 11.8 Å². The van der Waals surface area contributed by atoms with Gasteiger partial charge < -0.3 is 10.2 Å². The van der Waals surface area contributed by atoms with Crippen LogP contribution in [0.3, 0.4) is 0 Å². The van der Waals surface area contributed by atoms with Crippen molar-refractivity contribution in [1.82, 2.24) is 14.9 Å². The molecule has 1 aromatic carbocycles. The number of rotatable bonds is 7. The standard InChI is InChI=1S/C19H23N5O2S/c1-13(2)8-10-23-12-27-18(14(23)3)17-7-9-20-19(22-17)21-15-5-4-6-16(11-15)24(25)26/h4-7,9,11,13H,8,10,12H2,1-3H3,(H,20,21,22). The number of nitrogens with zero attached hydrogens (tertiary/aromatic N) is 4.